The van der Waals surface area contributed by atoms with E-state index in [2.05, 4.69) is 13.8 Å². The number of allylic oxidation sites excluding steroid dienone is 2. The van der Waals surface area contributed by atoms with E-state index in [-0.39, 0.29) is 23.8 Å². The van der Waals surface area contributed by atoms with Gasteiger partial charge in [0.15, 0.2) is 0 Å². The molecule has 0 aromatic carbocycles. The number of carbonyl (C=O) groups is 2. The number of ether oxygens (including phenoxy) is 2. The van der Waals surface area contributed by atoms with Crippen LogP contribution < -0.4 is 0 Å². The van der Waals surface area contributed by atoms with E-state index in [1.54, 1.807) is 0 Å². The molecule has 0 aliphatic heterocycles. The molecule has 0 saturated heterocycles. The predicted octanol–water partition coefficient (Wildman–Crippen LogP) is 4.74. The van der Waals surface area contributed by atoms with E-state index in [1.165, 1.54) is 0 Å². The average molecular weight is 348 g/mol. The second-order valence-electron chi connectivity index (χ2n) is 7.05. The van der Waals surface area contributed by atoms with E-state index in [0.29, 0.717) is 24.4 Å². The van der Waals surface area contributed by atoms with Crippen LogP contribution in [0, 0.1) is 11.8 Å². The van der Waals surface area contributed by atoms with Gasteiger partial charge in [0, 0.05) is 11.8 Å². The molecule has 0 radical (unpaired) electrons. The van der Waals surface area contributed by atoms with Gasteiger partial charge in [-0.15, -0.1) is 0 Å². The van der Waals surface area contributed by atoms with Crippen molar-refractivity contribution in [1.82, 2.24) is 0 Å². The van der Waals surface area contributed by atoms with Crippen molar-refractivity contribution >= 4 is 11.9 Å². The molecule has 0 N–H and O–H groups in total. The van der Waals surface area contributed by atoms with Crippen molar-refractivity contribution in [2.45, 2.75) is 71.6 Å². The summed E-state index contributed by atoms with van der Waals surface area (Å²) in [5, 5.41) is 0. The molecule has 2 atom stereocenters. The minimum atomic E-state index is -0.328. The standard InChI is InChI=1S/C21H32O4/c1-3-5-7-9-13-24-20(22)18-16-11-12-17(15-16)19(18)21(23)25-14-10-8-6-4-2/h11-12,16-17H,3-10,13-15H2,1-2H3. The first-order chi connectivity index (χ1) is 12.2. The molecule has 0 amide bonds. The maximum atomic E-state index is 12.5. The first-order valence-corrected chi connectivity index (χ1v) is 9.95. The van der Waals surface area contributed by atoms with Crippen molar-refractivity contribution in [2.24, 2.45) is 11.8 Å². The van der Waals surface area contributed by atoms with Gasteiger partial charge < -0.3 is 9.47 Å². The Hall–Kier alpha value is -1.58. The molecule has 0 heterocycles. The van der Waals surface area contributed by atoms with Crippen LogP contribution in [0.15, 0.2) is 23.3 Å². The zero-order valence-electron chi connectivity index (χ0n) is 15.7. The first-order valence-electron chi connectivity index (χ1n) is 9.95. The molecular formula is C21H32O4. The van der Waals surface area contributed by atoms with Crippen molar-refractivity contribution in [2.75, 3.05) is 13.2 Å². The highest BCUT2D eigenvalue weighted by atomic mass is 16.5. The van der Waals surface area contributed by atoms with Crippen LogP contribution in [0.1, 0.15) is 71.6 Å². The summed E-state index contributed by atoms with van der Waals surface area (Å²) < 4.78 is 10.8. The number of rotatable bonds is 12. The molecule has 140 valence electrons. The molecule has 0 spiro atoms. The van der Waals surface area contributed by atoms with Gasteiger partial charge in [-0.1, -0.05) is 64.5 Å². The summed E-state index contributed by atoms with van der Waals surface area (Å²) in [5.74, 6) is -0.607. The lowest BCUT2D eigenvalue weighted by Crippen LogP contribution is -2.20. The molecule has 2 aliphatic rings. The summed E-state index contributed by atoms with van der Waals surface area (Å²) in [7, 11) is 0. The predicted molar refractivity (Wildman–Crippen MR) is 98.0 cm³/mol. The topological polar surface area (TPSA) is 52.6 Å². The van der Waals surface area contributed by atoms with E-state index < -0.39 is 0 Å². The normalized spacial score (nSPS) is 21.0. The third kappa shape index (κ3) is 5.45. The fraction of sp³-hybridized carbons (Fsp3) is 0.714. The summed E-state index contributed by atoms with van der Waals surface area (Å²) in [5.41, 5.74) is 1.09. The van der Waals surface area contributed by atoms with Crippen molar-refractivity contribution in [1.29, 1.82) is 0 Å². The van der Waals surface area contributed by atoms with Crippen LogP contribution >= 0.6 is 0 Å². The third-order valence-corrected chi connectivity index (χ3v) is 5.02. The molecule has 0 saturated carbocycles. The van der Waals surface area contributed by atoms with Crippen molar-refractivity contribution in [3.63, 3.8) is 0 Å². The molecule has 4 heteroatoms. The number of fused-ring (bicyclic) bond motifs is 2. The quantitative estimate of drug-likeness (QED) is 0.290. The Morgan fingerprint density at radius 3 is 1.64 bits per heavy atom. The van der Waals surface area contributed by atoms with Crippen LogP contribution in [0.5, 0.6) is 0 Å². The lowest BCUT2D eigenvalue weighted by Gasteiger charge is -2.15. The van der Waals surface area contributed by atoms with Gasteiger partial charge in [-0.2, -0.15) is 0 Å². The van der Waals surface area contributed by atoms with Crippen LogP contribution in [-0.2, 0) is 19.1 Å². The van der Waals surface area contributed by atoms with Crippen LogP contribution in [-0.4, -0.2) is 25.2 Å². The highest BCUT2D eigenvalue weighted by Gasteiger charge is 2.43. The molecule has 25 heavy (non-hydrogen) atoms. The monoisotopic (exact) mass is 348 g/mol. The van der Waals surface area contributed by atoms with Gasteiger partial charge in [0.05, 0.1) is 24.4 Å². The van der Waals surface area contributed by atoms with E-state index in [9.17, 15) is 9.59 Å². The van der Waals surface area contributed by atoms with Crippen LogP contribution in [0.2, 0.25) is 0 Å². The zero-order valence-corrected chi connectivity index (χ0v) is 15.7. The molecule has 2 aliphatic carbocycles. The molecule has 2 rings (SSSR count). The maximum absolute atomic E-state index is 12.5. The number of hydrogen-bond acceptors (Lipinski definition) is 4. The lowest BCUT2D eigenvalue weighted by molar-refractivity contribution is -0.142. The second-order valence-corrected chi connectivity index (χ2v) is 7.05. The fourth-order valence-electron chi connectivity index (χ4n) is 3.59. The molecular weight excluding hydrogens is 316 g/mol. The number of hydrogen-bond donors (Lipinski definition) is 0. The Morgan fingerprint density at radius 2 is 1.24 bits per heavy atom. The summed E-state index contributed by atoms with van der Waals surface area (Å²) >= 11 is 0. The van der Waals surface area contributed by atoms with Gasteiger partial charge in [0.2, 0.25) is 0 Å². The van der Waals surface area contributed by atoms with Gasteiger partial charge in [-0.25, -0.2) is 9.59 Å². The Kier molecular flexibility index (Phi) is 8.23. The maximum Gasteiger partial charge on any atom is 0.335 e. The van der Waals surface area contributed by atoms with Crippen LogP contribution in [0.3, 0.4) is 0 Å². The molecule has 4 nitrogen and oxygen atoms in total. The summed E-state index contributed by atoms with van der Waals surface area (Å²) in [6, 6.07) is 0. The van der Waals surface area contributed by atoms with E-state index in [1.807, 2.05) is 12.2 Å². The first kappa shape index (κ1) is 19.7. The van der Waals surface area contributed by atoms with E-state index in [0.717, 1.165) is 57.8 Å². The molecule has 0 aromatic rings. The minimum Gasteiger partial charge on any atom is -0.462 e. The summed E-state index contributed by atoms with van der Waals surface area (Å²) in [6.45, 7) is 5.17. The molecule has 0 fully saturated rings. The summed E-state index contributed by atoms with van der Waals surface area (Å²) in [6.07, 6.45) is 13.4. The molecule has 0 aromatic heterocycles. The van der Waals surface area contributed by atoms with Gasteiger partial charge >= 0.3 is 11.9 Å². The van der Waals surface area contributed by atoms with Gasteiger partial charge in [0.25, 0.3) is 0 Å². The van der Waals surface area contributed by atoms with E-state index in [4.69, 9.17) is 9.47 Å². The number of esters is 2. The summed E-state index contributed by atoms with van der Waals surface area (Å²) in [4.78, 5) is 25.0. The van der Waals surface area contributed by atoms with E-state index >= 15 is 0 Å². The largest absolute Gasteiger partial charge is 0.462 e. The highest BCUT2D eigenvalue weighted by molar-refractivity contribution is 6.03. The van der Waals surface area contributed by atoms with Crippen molar-refractivity contribution in [3.8, 4) is 0 Å². The third-order valence-electron chi connectivity index (χ3n) is 5.02. The zero-order chi connectivity index (χ0) is 18.1. The smallest absolute Gasteiger partial charge is 0.335 e. The molecule has 2 bridgehead atoms. The lowest BCUT2D eigenvalue weighted by atomic mass is 9.97. The van der Waals surface area contributed by atoms with Crippen molar-refractivity contribution < 1.29 is 19.1 Å². The average Bonchev–Trinajstić information content (AvgIpc) is 3.22. The highest BCUT2D eigenvalue weighted by Crippen LogP contribution is 2.44. The second kappa shape index (κ2) is 10.4. The van der Waals surface area contributed by atoms with Crippen LogP contribution in [0.4, 0.5) is 0 Å². The SMILES string of the molecule is CCCCCCOC(=O)C1=C(C(=O)OCCCCCC)C2C=CC1C2. The Balaban J connectivity index is 1.88. The Bertz CT molecular complexity index is 474. The number of carbonyl (C=O) groups excluding carboxylic acids is 2. The van der Waals surface area contributed by atoms with Crippen LogP contribution in [0.25, 0.3) is 0 Å². The Labute approximate surface area is 151 Å². The Morgan fingerprint density at radius 1 is 0.800 bits per heavy atom. The van der Waals surface area contributed by atoms with Gasteiger partial charge in [-0.05, 0) is 19.3 Å². The molecule has 2 unspecified atom stereocenters. The number of unbranched alkanes of at least 4 members (excludes halogenated alkanes) is 6. The van der Waals surface area contributed by atoms with Crippen molar-refractivity contribution in [3.05, 3.63) is 23.3 Å². The fourth-order valence-corrected chi connectivity index (χ4v) is 3.59. The van der Waals surface area contributed by atoms with Gasteiger partial charge in [-0.3, -0.25) is 0 Å². The van der Waals surface area contributed by atoms with Gasteiger partial charge in [0.1, 0.15) is 0 Å². The minimum absolute atomic E-state index is 0.0239.